The largest absolute Gasteiger partial charge is 0.308 e. The maximum atomic E-state index is 13.7. The molecule has 0 heterocycles. The van der Waals surface area contributed by atoms with Gasteiger partial charge >= 0.3 is 5.69 Å². The zero-order valence-corrected chi connectivity index (χ0v) is 11.7. The van der Waals surface area contributed by atoms with E-state index < -0.39 is 22.3 Å². The second-order valence-corrected chi connectivity index (χ2v) is 4.62. The summed E-state index contributed by atoms with van der Waals surface area (Å²) in [7, 11) is 1.34. The summed E-state index contributed by atoms with van der Waals surface area (Å²) in [5.41, 5.74) is -0.664. The summed E-state index contributed by atoms with van der Waals surface area (Å²) in [5, 5.41) is 10.9. The molecule has 0 saturated carbocycles. The van der Waals surface area contributed by atoms with E-state index in [9.17, 15) is 19.3 Å². The topological polar surface area (TPSA) is 63.5 Å². The molecule has 0 aliphatic rings. The monoisotopic (exact) mass is 308 g/mol. The number of para-hydroxylation sites is 2. The fraction of sp³-hybridized carbons (Fsp3) is 0.0714. The number of nitrogens with zero attached hydrogens (tertiary/aromatic N) is 2. The van der Waals surface area contributed by atoms with Gasteiger partial charge in [-0.25, -0.2) is 4.39 Å². The molecule has 0 N–H and O–H groups in total. The number of benzene rings is 2. The number of hydrogen-bond acceptors (Lipinski definition) is 3. The molecule has 0 bridgehead atoms. The predicted octanol–water partition coefficient (Wildman–Crippen LogP) is 3.66. The van der Waals surface area contributed by atoms with Crippen molar-refractivity contribution < 1.29 is 14.1 Å². The lowest BCUT2D eigenvalue weighted by Gasteiger charge is -2.18. The zero-order valence-electron chi connectivity index (χ0n) is 10.9. The van der Waals surface area contributed by atoms with Crippen LogP contribution in [-0.2, 0) is 0 Å². The Morgan fingerprint density at radius 2 is 1.90 bits per heavy atom. The van der Waals surface area contributed by atoms with Gasteiger partial charge in [-0.1, -0.05) is 29.8 Å². The normalized spacial score (nSPS) is 10.2. The first-order chi connectivity index (χ1) is 9.93. The summed E-state index contributed by atoms with van der Waals surface area (Å²) in [6, 6.07) is 9.68. The molecule has 0 atom stereocenters. The first-order valence-corrected chi connectivity index (χ1v) is 6.26. The number of rotatable bonds is 3. The Kier molecular flexibility index (Phi) is 4.18. The molecule has 21 heavy (non-hydrogen) atoms. The number of nitro benzene ring substituents is 1. The molecular weight excluding hydrogens is 299 g/mol. The molecule has 0 fully saturated rings. The van der Waals surface area contributed by atoms with Gasteiger partial charge in [0.1, 0.15) is 16.4 Å². The third kappa shape index (κ3) is 2.85. The van der Waals surface area contributed by atoms with Gasteiger partial charge in [0.05, 0.1) is 10.6 Å². The molecule has 108 valence electrons. The quantitative estimate of drug-likeness (QED) is 0.642. The molecule has 2 aromatic rings. The van der Waals surface area contributed by atoms with Crippen molar-refractivity contribution in [3.63, 3.8) is 0 Å². The van der Waals surface area contributed by atoms with Gasteiger partial charge in [0.25, 0.3) is 5.91 Å². The van der Waals surface area contributed by atoms with Gasteiger partial charge in [-0.3, -0.25) is 14.9 Å². The first kappa shape index (κ1) is 14.9. The fourth-order valence-corrected chi connectivity index (χ4v) is 2.13. The molecule has 0 spiro atoms. The Bertz CT molecular complexity index is 721. The van der Waals surface area contributed by atoms with Crippen LogP contribution in [0.2, 0.25) is 5.02 Å². The van der Waals surface area contributed by atoms with Crippen molar-refractivity contribution in [1.29, 1.82) is 0 Å². The minimum absolute atomic E-state index is 0.0248. The van der Waals surface area contributed by atoms with Crippen molar-refractivity contribution >= 4 is 28.9 Å². The van der Waals surface area contributed by atoms with Gasteiger partial charge < -0.3 is 4.90 Å². The average molecular weight is 309 g/mol. The van der Waals surface area contributed by atoms with Crippen LogP contribution < -0.4 is 4.90 Å². The van der Waals surface area contributed by atoms with E-state index in [1.54, 1.807) is 6.07 Å². The van der Waals surface area contributed by atoms with Crippen molar-refractivity contribution in [2.24, 2.45) is 0 Å². The lowest BCUT2D eigenvalue weighted by Crippen LogP contribution is -2.27. The summed E-state index contributed by atoms with van der Waals surface area (Å²) in [4.78, 5) is 23.7. The molecule has 1 amide bonds. The van der Waals surface area contributed by atoms with Crippen LogP contribution in [0.1, 0.15) is 10.4 Å². The molecule has 0 radical (unpaired) electrons. The number of halogens is 2. The highest BCUT2D eigenvalue weighted by Crippen LogP contribution is 2.30. The molecule has 2 rings (SSSR count). The van der Waals surface area contributed by atoms with E-state index in [1.165, 1.54) is 43.4 Å². The molecule has 0 aromatic heterocycles. The predicted molar refractivity (Wildman–Crippen MR) is 77.2 cm³/mol. The number of hydrogen-bond donors (Lipinski definition) is 0. The number of anilines is 1. The third-order valence-corrected chi connectivity index (χ3v) is 3.22. The van der Waals surface area contributed by atoms with Crippen molar-refractivity contribution in [3.8, 4) is 0 Å². The van der Waals surface area contributed by atoms with Crippen LogP contribution in [0, 0.1) is 15.9 Å². The number of nitro groups is 1. The molecule has 5 nitrogen and oxygen atoms in total. The van der Waals surface area contributed by atoms with Crippen LogP contribution in [-0.4, -0.2) is 17.9 Å². The highest BCUT2D eigenvalue weighted by atomic mass is 35.5. The highest BCUT2D eigenvalue weighted by Gasteiger charge is 2.27. The van der Waals surface area contributed by atoms with E-state index in [-0.39, 0.29) is 16.3 Å². The van der Waals surface area contributed by atoms with Crippen molar-refractivity contribution in [3.05, 3.63) is 69.0 Å². The third-order valence-electron chi connectivity index (χ3n) is 2.92. The Labute approximate surface area is 124 Å². The summed E-state index contributed by atoms with van der Waals surface area (Å²) in [6.45, 7) is 0. The Balaban J connectivity index is 2.48. The molecule has 0 aliphatic carbocycles. The van der Waals surface area contributed by atoms with Crippen LogP contribution in [0.5, 0.6) is 0 Å². The molecule has 2 aromatic carbocycles. The van der Waals surface area contributed by atoms with Crippen LogP contribution in [0.25, 0.3) is 0 Å². The number of carbonyl (C=O) groups is 1. The molecular formula is C14H10ClFN2O3. The van der Waals surface area contributed by atoms with Crippen LogP contribution in [0.15, 0.2) is 42.5 Å². The molecule has 7 heteroatoms. The second kappa shape index (κ2) is 5.88. The standard InChI is InChI=1S/C14H10ClFN2O3/c1-17(12-8-3-2-7-11(12)16)14(19)9-5-4-6-10(15)13(9)18(20)21/h2-8H,1H3. The van der Waals surface area contributed by atoms with Crippen LogP contribution in [0.3, 0.4) is 0 Å². The summed E-state index contributed by atoms with van der Waals surface area (Å²) in [6.07, 6.45) is 0. The fourth-order valence-electron chi connectivity index (χ4n) is 1.89. The van der Waals surface area contributed by atoms with Crippen molar-refractivity contribution in [2.75, 3.05) is 11.9 Å². The smallest absolute Gasteiger partial charge is 0.300 e. The van der Waals surface area contributed by atoms with Gasteiger partial charge in [-0.2, -0.15) is 0 Å². The molecule has 0 aliphatic heterocycles. The maximum Gasteiger partial charge on any atom is 0.300 e. The zero-order chi connectivity index (χ0) is 15.6. The van der Waals surface area contributed by atoms with E-state index in [4.69, 9.17) is 11.6 Å². The van der Waals surface area contributed by atoms with Gasteiger partial charge in [0, 0.05) is 7.05 Å². The minimum atomic E-state index is -0.731. The highest BCUT2D eigenvalue weighted by molar-refractivity contribution is 6.33. The summed E-state index contributed by atoms with van der Waals surface area (Å²) >= 11 is 5.76. The van der Waals surface area contributed by atoms with E-state index >= 15 is 0 Å². The Morgan fingerprint density at radius 3 is 2.52 bits per heavy atom. The summed E-state index contributed by atoms with van der Waals surface area (Å²) in [5.74, 6) is -1.31. The number of carbonyl (C=O) groups excluding carboxylic acids is 1. The maximum absolute atomic E-state index is 13.7. The SMILES string of the molecule is CN(C(=O)c1cccc(Cl)c1[N+](=O)[O-])c1ccccc1F. The lowest BCUT2D eigenvalue weighted by molar-refractivity contribution is -0.385. The van der Waals surface area contributed by atoms with Gasteiger partial charge in [0.15, 0.2) is 0 Å². The minimum Gasteiger partial charge on any atom is -0.308 e. The van der Waals surface area contributed by atoms with E-state index in [2.05, 4.69) is 0 Å². The second-order valence-electron chi connectivity index (χ2n) is 4.21. The van der Waals surface area contributed by atoms with E-state index in [0.29, 0.717) is 0 Å². The Morgan fingerprint density at radius 1 is 1.24 bits per heavy atom. The van der Waals surface area contributed by atoms with Gasteiger partial charge in [0.2, 0.25) is 0 Å². The first-order valence-electron chi connectivity index (χ1n) is 5.89. The lowest BCUT2D eigenvalue weighted by atomic mass is 10.1. The molecule has 0 saturated heterocycles. The van der Waals surface area contributed by atoms with E-state index in [0.717, 1.165) is 4.90 Å². The van der Waals surface area contributed by atoms with Crippen LogP contribution >= 0.6 is 11.6 Å². The molecule has 0 unspecified atom stereocenters. The van der Waals surface area contributed by atoms with Crippen LogP contribution in [0.4, 0.5) is 15.8 Å². The van der Waals surface area contributed by atoms with Crippen molar-refractivity contribution in [2.45, 2.75) is 0 Å². The van der Waals surface area contributed by atoms with Gasteiger partial charge in [-0.05, 0) is 24.3 Å². The Hall–Kier alpha value is -2.47. The van der Waals surface area contributed by atoms with E-state index in [1.807, 2.05) is 0 Å². The number of amides is 1. The average Bonchev–Trinajstić information content (AvgIpc) is 2.45. The summed E-state index contributed by atoms with van der Waals surface area (Å²) < 4.78 is 13.7. The van der Waals surface area contributed by atoms with Gasteiger partial charge in [-0.15, -0.1) is 0 Å². The van der Waals surface area contributed by atoms with Crippen molar-refractivity contribution in [1.82, 2.24) is 0 Å².